The summed E-state index contributed by atoms with van der Waals surface area (Å²) in [6.07, 6.45) is 0.586. The Kier molecular flexibility index (Phi) is 3.74. The Morgan fingerprint density at radius 3 is 2.47 bits per heavy atom. The van der Waals surface area contributed by atoms with Gasteiger partial charge in [0.05, 0.1) is 0 Å². The lowest BCUT2D eigenvalue weighted by Gasteiger charge is -2.37. The van der Waals surface area contributed by atoms with Gasteiger partial charge in [0.2, 0.25) is 11.8 Å². The molecular formula is C14H18N2O3. The SMILES string of the molecule is CCC1C(=O)NC(C)C(=O)N1Cc1ccc(O)cc1. The molecule has 5 nitrogen and oxygen atoms in total. The van der Waals surface area contributed by atoms with E-state index >= 15 is 0 Å². The molecule has 2 atom stereocenters. The third-order valence-electron chi connectivity index (χ3n) is 3.37. The van der Waals surface area contributed by atoms with E-state index in [-0.39, 0.29) is 17.6 Å². The van der Waals surface area contributed by atoms with Crippen molar-refractivity contribution < 1.29 is 14.7 Å². The van der Waals surface area contributed by atoms with Gasteiger partial charge in [0, 0.05) is 6.54 Å². The summed E-state index contributed by atoms with van der Waals surface area (Å²) in [5.74, 6) is 0.0137. The first-order chi connectivity index (χ1) is 9.02. The molecule has 5 heteroatoms. The maximum atomic E-state index is 12.2. The van der Waals surface area contributed by atoms with E-state index in [1.54, 1.807) is 36.1 Å². The topological polar surface area (TPSA) is 69.6 Å². The third-order valence-corrected chi connectivity index (χ3v) is 3.37. The number of hydrogen-bond donors (Lipinski definition) is 2. The summed E-state index contributed by atoms with van der Waals surface area (Å²) in [5, 5.41) is 11.9. The van der Waals surface area contributed by atoms with Gasteiger partial charge in [-0.25, -0.2) is 0 Å². The smallest absolute Gasteiger partial charge is 0.245 e. The summed E-state index contributed by atoms with van der Waals surface area (Å²) in [5.41, 5.74) is 0.895. The molecule has 1 aromatic rings. The van der Waals surface area contributed by atoms with Crippen LogP contribution >= 0.6 is 0 Å². The van der Waals surface area contributed by atoms with E-state index in [2.05, 4.69) is 5.32 Å². The Bertz CT molecular complexity index is 484. The van der Waals surface area contributed by atoms with Crippen molar-refractivity contribution in [3.63, 3.8) is 0 Å². The first kappa shape index (κ1) is 13.4. The fraction of sp³-hybridized carbons (Fsp3) is 0.429. The molecule has 0 bridgehead atoms. The fourth-order valence-electron chi connectivity index (χ4n) is 2.31. The molecule has 1 saturated heterocycles. The molecule has 1 fully saturated rings. The average Bonchev–Trinajstić information content (AvgIpc) is 2.38. The highest BCUT2D eigenvalue weighted by Gasteiger charge is 2.37. The Morgan fingerprint density at radius 1 is 1.26 bits per heavy atom. The number of rotatable bonds is 3. The maximum absolute atomic E-state index is 12.2. The predicted molar refractivity (Wildman–Crippen MR) is 70.3 cm³/mol. The van der Waals surface area contributed by atoms with Crippen LogP contribution in [-0.4, -0.2) is 33.9 Å². The summed E-state index contributed by atoms with van der Waals surface area (Å²) < 4.78 is 0. The maximum Gasteiger partial charge on any atom is 0.245 e. The summed E-state index contributed by atoms with van der Waals surface area (Å²) in [6, 6.07) is 5.77. The molecule has 2 rings (SSSR count). The van der Waals surface area contributed by atoms with Crippen LogP contribution in [0.15, 0.2) is 24.3 Å². The van der Waals surface area contributed by atoms with Gasteiger partial charge in [-0.2, -0.15) is 0 Å². The van der Waals surface area contributed by atoms with Crippen LogP contribution < -0.4 is 5.32 Å². The van der Waals surface area contributed by atoms with Crippen molar-refractivity contribution in [2.45, 2.75) is 38.9 Å². The minimum Gasteiger partial charge on any atom is -0.508 e. The number of hydrogen-bond acceptors (Lipinski definition) is 3. The van der Waals surface area contributed by atoms with Crippen LogP contribution in [-0.2, 0) is 16.1 Å². The molecule has 0 saturated carbocycles. The first-order valence-electron chi connectivity index (χ1n) is 6.41. The zero-order valence-corrected chi connectivity index (χ0v) is 11.1. The highest BCUT2D eigenvalue weighted by Crippen LogP contribution is 2.18. The largest absolute Gasteiger partial charge is 0.508 e. The van der Waals surface area contributed by atoms with Crippen LogP contribution in [0.5, 0.6) is 5.75 Å². The van der Waals surface area contributed by atoms with Crippen molar-refractivity contribution in [1.82, 2.24) is 10.2 Å². The predicted octanol–water partition coefficient (Wildman–Crippen LogP) is 1.02. The van der Waals surface area contributed by atoms with E-state index in [0.717, 1.165) is 5.56 Å². The fourth-order valence-corrected chi connectivity index (χ4v) is 2.31. The van der Waals surface area contributed by atoms with Gasteiger partial charge in [0.15, 0.2) is 0 Å². The number of phenols is 1. The van der Waals surface area contributed by atoms with Crippen molar-refractivity contribution in [2.24, 2.45) is 0 Å². The number of amides is 2. The van der Waals surface area contributed by atoms with Gasteiger partial charge in [0.1, 0.15) is 17.8 Å². The van der Waals surface area contributed by atoms with Crippen LogP contribution in [0.3, 0.4) is 0 Å². The lowest BCUT2D eigenvalue weighted by atomic mass is 10.0. The molecule has 0 aromatic heterocycles. The highest BCUT2D eigenvalue weighted by atomic mass is 16.3. The number of phenolic OH excluding ortho intramolecular Hbond substituents is 1. The lowest BCUT2D eigenvalue weighted by Crippen LogP contribution is -2.61. The van der Waals surface area contributed by atoms with Crippen molar-refractivity contribution >= 4 is 11.8 Å². The van der Waals surface area contributed by atoms with Crippen molar-refractivity contribution in [1.29, 1.82) is 0 Å². The number of piperazine rings is 1. The van der Waals surface area contributed by atoms with Gasteiger partial charge >= 0.3 is 0 Å². The Morgan fingerprint density at radius 2 is 1.89 bits per heavy atom. The standard InChI is InChI=1S/C14H18N2O3/c1-3-12-13(18)15-9(2)14(19)16(12)8-10-4-6-11(17)7-5-10/h4-7,9,12,17H,3,8H2,1-2H3,(H,15,18). The molecule has 0 spiro atoms. The van der Waals surface area contributed by atoms with E-state index in [1.165, 1.54) is 0 Å². The van der Waals surface area contributed by atoms with E-state index in [1.807, 2.05) is 6.92 Å². The van der Waals surface area contributed by atoms with Crippen molar-refractivity contribution in [3.05, 3.63) is 29.8 Å². The molecule has 1 aliphatic heterocycles. The summed E-state index contributed by atoms with van der Waals surface area (Å²) in [6.45, 7) is 3.96. The zero-order chi connectivity index (χ0) is 14.0. The molecule has 19 heavy (non-hydrogen) atoms. The van der Waals surface area contributed by atoms with Crippen LogP contribution in [0.4, 0.5) is 0 Å². The second-order valence-electron chi connectivity index (χ2n) is 4.79. The molecule has 1 aromatic carbocycles. The van der Waals surface area contributed by atoms with Crippen molar-refractivity contribution in [2.75, 3.05) is 0 Å². The highest BCUT2D eigenvalue weighted by molar-refractivity contribution is 5.96. The molecule has 0 radical (unpaired) electrons. The number of aromatic hydroxyl groups is 1. The molecule has 0 aliphatic carbocycles. The van der Waals surface area contributed by atoms with E-state index in [4.69, 9.17) is 0 Å². The molecule has 2 amide bonds. The van der Waals surface area contributed by atoms with E-state index in [9.17, 15) is 14.7 Å². The second kappa shape index (κ2) is 5.30. The van der Waals surface area contributed by atoms with Gasteiger partial charge in [0.25, 0.3) is 0 Å². The van der Waals surface area contributed by atoms with Crippen LogP contribution in [0.25, 0.3) is 0 Å². The van der Waals surface area contributed by atoms with Gasteiger partial charge in [-0.15, -0.1) is 0 Å². The molecule has 2 N–H and O–H groups in total. The molecule has 1 heterocycles. The number of benzene rings is 1. The molecular weight excluding hydrogens is 244 g/mol. The van der Waals surface area contributed by atoms with Crippen LogP contribution in [0.1, 0.15) is 25.8 Å². The Balaban J connectivity index is 2.21. The Hall–Kier alpha value is -2.04. The first-order valence-corrected chi connectivity index (χ1v) is 6.41. The van der Waals surface area contributed by atoms with E-state index in [0.29, 0.717) is 13.0 Å². The minimum absolute atomic E-state index is 0.0699. The normalized spacial score (nSPS) is 23.4. The van der Waals surface area contributed by atoms with Gasteiger partial charge < -0.3 is 15.3 Å². The zero-order valence-electron chi connectivity index (χ0n) is 11.1. The summed E-state index contributed by atoms with van der Waals surface area (Å²) in [7, 11) is 0. The summed E-state index contributed by atoms with van der Waals surface area (Å²) in [4.78, 5) is 25.7. The van der Waals surface area contributed by atoms with Crippen LogP contribution in [0, 0.1) is 0 Å². The number of nitrogens with one attached hydrogen (secondary N) is 1. The quantitative estimate of drug-likeness (QED) is 0.854. The minimum atomic E-state index is -0.479. The van der Waals surface area contributed by atoms with Crippen LogP contribution in [0.2, 0.25) is 0 Å². The molecule has 2 unspecified atom stereocenters. The lowest BCUT2D eigenvalue weighted by molar-refractivity contribution is -0.149. The third kappa shape index (κ3) is 2.70. The summed E-state index contributed by atoms with van der Waals surface area (Å²) >= 11 is 0. The second-order valence-corrected chi connectivity index (χ2v) is 4.79. The Labute approximate surface area is 112 Å². The van der Waals surface area contributed by atoms with Gasteiger partial charge in [-0.05, 0) is 31.0 Å². The molecule has 1 aliphatic rings. The number of carbonyl (C=O) groups excluding carboxylic acids is 2. The van der Waals surface area contributed by atoms with Crippen molar-refractivity contribution in [3.8, 4) is 5.75 Å². The number of nitrogens with zero attached hydrogens (tertiary/aromatic N) is 1. The van der Waals surface area contributed by atoms with Gasteiger partial charge in [-0.1, -0.05) is 19.1 Å². The van der Waals surface area contributed by atoms with Gasteiger partial charge in [-0.3, -0.25) is 9.59 Å². The molecule has 102 valence electrons. The van der Waals surface area contributed by atoms with E-state index < -0.39 is 12.1 Å². The number of carbonyl (C=O) groups is 2. The monoisotopic (exact) mass is 262 g/mol. The average molecular weight is 262 g/mol.